The van der Waals surface area contributed by atoms with Gasteiger partial charge in [0, 0.05) is 0 Å². The molecule has 3 nitrogen and oxygen atoms in total. The van der Waals surface area contributed by atoms with Crippen LogP contribution in [0.2, 0.25) is 0 Å². The average Bonchev–Trinajstić information content (AvgIpc) is 2.38. The summed E-state index contributed by atoms with van der Waals surface area (Å²) in [6, 6.07) is 14.8. The van der Waals surface area contributed by atoms with Gasteiger partial charge in [0.25, 0.3) is 0 Å². The predicted octanol–water partition coefficient (Wildman–Crippen LogP) is 2.98. The molecule has 0 aliphatic rings. The fourth-order valence-corrected chi connectivity index (χ4v) is 1.51. The van der Waals surface area contributed by atoms with Crippen LogP contribution in [0.4, 0.5) is 0 Å². The van der Waals surface area contributed by atoms with Crippen LogP contribution >= 0.6 is 0 Å². The van der Waals surface area contributed by atoms with Gasteiger partial charge in [0.1, 0.15) is 12.4 Å². The molecule has 0 fully saturated rings. The molecule has 0 saturated carbocycles. The van der Waals surface area contributed by atoms with E-state index in [0.717, 1.165) is 11.3 Å². The normalized spacial score (nSPS) is 9.94. The summed E-state index contributed by atoms with van der Waals surface area (Å²) in [4.78, 5) is 0. The van der Waals surface area contributed by atoms with Crippen LogP contribution < -0.4 is 9.47 Å². The van der Waals surface area contributed by atoms with Crippen molar-refractivity contribution in [1.29, 1.82) is 0 Å². The number of para-hydroxylation sites is 1. The van der Waals surface area contributed by atoms with E-state index in [9.17, 15) is 5.11 Å². The van der Waals surface area contributed by atoms with Gasteiger partial charge in [0.2, 0.25) is 0 Å². The van der Waals surface area contributed by atoms with Crippen molar-refractivity contribution in [3.8, 4) is 17.2 Å². The number of rotatable bonds is 4. The van der Waals surface area contributed by atoms with E-state index >= 15 is 0 Å². The molecule has 17 heavy (non-hydrogen) atoms. The Morgan fingerprint density at radius 1 is 1.06 bits per heavy atom. The number of aromatic hydroxyl groups is 1. The molecular weight excluding hydrogens is 216 g/mol. The van der Waals surface area contributed by atoms with Gasteiger partial charge in [-0.2, -0.15) is 0 Å². The number of hydrogen-bond donors (Lipinski definition) is 1. The van der Waals surface area contributed by atoms with Crippen LogP contribution in [0.5, 0.6) is 17.2 Å². The van der Waals surface area contributed by atoms with E-state index in [0.29, 0.717) is 12.4 Å². The third-order valence-corrected chi connectivity index (χ3v) is 2.39. The van der Waals surface area contributed by atoms with Crippen molar-refractivity contribution < 1.29 is 14.6 Å². The maximum Gasteiger partial charge on any atom is 0.160 e. The van der Waals surface area contributed by atoms with Gasteiger partial charge in [-0.15, -0.1) is 0 Å². The molecule has 0 radical (unpaired) electrons. The molecule has 0 spiro atoms. The Hall–Kier alpha value is -2.16. The summed E-state index contributed by atoms with van der Waals surface area (Å²) in [5.74, 6) is 1.40. The lowest BCUT2D eigenvalue weighted by Gasteiger charge is -2.08. The van der Waals surface area contributed by atoms with Gasteiger partial charge in [-0.1, -0.05) is 24.3 Å². The Morgan fingerprint density at radius 3 is 2.47 bits per heavy atom. The van der Waals surface area contributed by atoms with Gasteiger partial charge in [-0.25, -0.2) is 0 Å². The van der Waals surface area contributed by atoms with E-state index in [1.54, 1.807) is 12.1 Å². The van der Waals surface area contributed by atoms with E-state index in [1.165, 1.54) is 7.11 Å². The van der Waals surface area contributed by atoms with Gasteiger partial charge < -0.3 is 14.6 Å². The molecule has 0 saturated heterocycles. The molecule has 0 bridgehead atoms. The number of phenols is 1. The monoisotopic (exact) mass is 230 g/mol. The van der Waals surface area contributed by atoms with Crippen molar-refractivity contribution in [2.75, 3.05) is 7.11 Å². The smallest absolute Gasteiger partial charge is 0.160 e. The van der Waals surface area contributed by atoms with Crippen molar-refractivity contribution >= 4 is 0 Å². The second-order valence-corrected chi connectivity index (χ2v) is 3.61. The van der Waals surface area contributed by atoms with Crippen molar-refractivity contribution in [3.63, 3.8) is 0 Å². The minimum absolute atomic E-state index is 0.127. The van der Waals surface area contributed by atoms with Crippen molar-refractivity contribution in [2.24, 2.45) is 0 Å². The van der Waals surface area contributed by atoms with Gasteiger partial charge in [0.15, 0.2) is 11.5 Å². The van der Waals surface area contributed by atoms with E-state index < -0.39 is 0 Å². The van der Waals surface area contributed by atoms with Crippen LogP contribution in [0.15, 0.2) is 48.5 Å². The van der Waals surface area contributed by atoms with Crippen LogP contribution in [-0.2, 0) is 6.61 Å². The summed E-state index contributed by atoms with van der Waals surface area (Å²) < 4.78 is 10.5. The molecule has 0 aliphatic heterocycles. The lowest BCUT2D eigenvalue weighted by atomic mass is 10.2. The number of hydrogen-bond acceptors (Lipinski definition) is 3. The van der Waals surface area contributed by atoms with E-state index in [-0.39, 0.29) is 5.75 Å². The second kappa shape index (κ2) is 5.25. The Labute approximate surface area is 100 Å². The highest BCUT2D eigenvalue weighted by atomic mass is 16.5. The van der Waals surface area contributed by atoms with Crippen LogP contribution in [0, 0.1) is 0 Å². The first-order chi connectivity index (χ1) is 8.29. The molecule has 0 amide bonds. The molecule has 88 valence electrons. The van der Waals surface area contributed by atoms with Gasteiger partial charge >= 0.3 is 0 Å². The van der Waals surface area contributed by atoms with Gasteiger partial charge in [0.05, 0.1) is 7.11 Å². The largest absolute Gasteiger partial charge is 0.504 e. The number of methoxy groups -OCH3 is 1. The summed E-state index contributed by atoms with van der Waals surface area (Å²) in [5.41, 5.74) is 0.896. The first kappa shape index (κ1) is 11.3. The molecule has 1 N–H and O–H groups in total. The zero-order valence-electron chi connectivity index (χ0n) is 9.59. The summed E-state index contributed by atoms with van der Waals surface area (Å²) >= 11 is 0. The lowest BCUT2D eigenvalue weighted by Crippen LogP contribution is -1.95. The first-order valence-corrected chi connectivity index (χ1v) is 5.33. The average molecular weight is 230 g/mol. The number of phenolic OH excluding ortho intramolecular Hbond substituents is 1. The van der Waals surface area contributed by atoms with Crippen LogP contribution in [0.1, 0.15) is 5.56 Å². The summed E-state index contributed by atoms with van der Waals surface area (Å²) in [6.45, 7) is 0.418. The third-order valence-electron chi connectivity index (χ3n) is 2.39. The zero-order chi connectivity index (χ0) is 12.1. The van der Waals surface area contributed by atoms with Crippen molar-refractivity contribution in [2.45, 2.75) is 6.61 Å². The maximum absolute atomic E-state index is 9.61. The Bertz CT molecular complexity index is 480. The van der Waals surface area contributed by atoms with Gasteiger partial charge in [-0.05, 0) is 29.8 Å². The zero-order valence-corrected chi connectivity index (χ0v) is 9.59. The molecule has 2 aromatic rings. The summed E-state index contributed by atoms with van der Waals surface area (Å²) in [7, 11) is 1.52. The van der Waals surface area contributed by atoms with Crippen LogP contribution in [-0.4, -0.2) is 12.2 Å². The number of ether oxygens (including phenoxy) is 2. The van der Waals surface area contributed by atoms with Crippen molar-refractivity contribution in [1.82, 2.24) is 0 Å². The minimum atomic E-state index is 0.127. The van der Waals surface area contributed by atoms with E-state index in [4.69, 9.17) is 9.47 Å². The fourth-order valence-electron chi connectivity index (χ4n) is 1.51. The molecule has 2 rings (SSSR count). The second-order valence-electron chi connectivity index (χ2n) is 3.61. The highest BCUT2D eigenvalue weighted by Gasteiger charge is 2.02. The van der Waals surface area contributed by atoms with E-state index in [2.05, 4.69) is 0 Å². The molecular formula is C14H14O3. The molecule has 0 unspecified atom stereocenters. The minimum Gasteiger partial charge on any atom is -0.504 e. The Kier molecular flexibility index (Phi) is 3.50. The fraction of sp³-hybridized carbons (Fsp3) is 0.143. The Balaban J connectivity index is 2.02. The highest BCUT2D eigenvalue weighted by molar-refractivity contribution is 5.41. The van der Waals surface area contributed by atoms with Crippen LogP contribution in [0.3, 0.4) is 0 Å². The Morgan fingerprint density at radius 2 is 1.82 bits per heavy atom. The maximum atomic E-state index is 9.61. The molecule has 0 heterocycles. The standard InChI is InChI=1S/C14H14O3/c1-16-14-8-7-11(9-13(14)15)10-17-12-5-3-2-4-6-12/h2-9,15H,10H2,1H3. The quantitative estimate of drug-likeness (QED) is 0.877. The van der Waals surface area contributed by atoms with Gasteiger partial charge in [-0.3, -0.25) is 0 Å². The van der Waals surface area contributed by atoms with E-state index in [1.807, 2.05) is 36.4 Å². The first-order valence-electron chi connectivity index (χ1n) is 5.33. The summed E-state index contributed by atoms with van der Waals surface area (Å²) in [6.07, 6.45) is 0. The van der Waals surface area contributed by atoms with Crippen molar-refractivity contribution in [3.05, 3.63) is 54.1 Å². The predicted molar refractivity (Wildman–Crippen MR) is 65.4 cm³/mol. The lowest BCUT2D eigenvalue weighted by molar-refractivity contribution is 0.304. The third kappa shape index (κ3) is 2.91. The molecule has 0 atom stereocenters. The SMILES string of the molecule is COc1ccc(COc2ccccc2)cc1O. The van der Waals surface area contributed by atoms with Crippen LogP contribution in [0.25, 0.3) is 0 Å². The number of benzene rings is 2. The molecule has 0 aromatic heterocycles. The highest BCUT2D eigenvalue weighted by Crippen LogP contribution is 2.26. The topological polar surface area (TPSA) is 38.7 Å². The molecule has 2 aromatic carbocycles. The molecule has 0 aliphatic carbocycles. The molecule has 3 heteroatoms. The summed E-state index contributed by atoms with van der Waals surface area (Å²) in [5, 5.41) is 9.61.